The molecule has 14 heavy (non-hydrogen) atoms. The van der Waals surface area contributed by atoms with Crippen LogP contribution in [0.4, 0.5) is 5.69 Å². The number of anilines is 1. The number of nitrogens with zero attached hydrogens (tertiary/aromatic N) is 1. The molecule has 78 valence electrons. The standard InChI is InChI=1S/C10H15BrN2O/c1-4-10(2,3)14-9-8(12)5-7(11)6-13-9/h5-6H,4,12H2,1-3H3. The van der Waals surface area contributed by atoms with Gasteiger partial charge in [-0.25, -0.2) is 4.98 Å². The van der Waals surface area contributed by atoms with Crippen LogP contribution in [0.2, 0.25) is 0 Å². The second kappa shape index (κ2) is 4.17. The number of halogens is 1. The molecule has 0 fully saturated rings. The first-order chi connectivity index (χ1) is 6.44. The predicted molar refractivity (Wildman–Crippen MR) is 61.3 cm³/mol. The maximum atomic E-state index is 5.77. The van der Waals surface area contributed by atoms with Crippen molar-refractivity contribution in [2.45, 2.75) is 32.8 Å². The van der Waals surface area contributed by atoms with Gasteiger partial charge in [-0.2, -0.15) is 0 Å². The lowest BCUT2D eigenvalue weighted by atomic mass is 10.1. The lowest BCUT2D eigenvalue weighted by molar-refractivity contribution is 0.100. The smallest absolute Gasteiger partial charge is 0.237 e. The monoisotopic (exact) mass is 258 g/mol. The third-order valence-electron chi connectivity index (χ3n) is 2.07. The molecule has 0 amide bonds. The van der Waals surface area contributed by atoms with E-state index in [4.69, 9.17) is 10.5 Å². The van der Waals surface area contributed by atoms with E-state index in [9.17, 15) is 0 Å². The molecule has 4 heteroatoms. The van der Waals surface area contributed by atoms with E-state index < -0.39 is 0 Å². The van der Waals surface area contributed by atoms with Crippen LogP contribution in [-0.4, -0.2) is 10.6 Å². The molecule has 0 spiro atoms. The summed E-state index contributed by atoms with van der Waals surface area (Å²) < 4.78 is 6.54. The fourth-order valence-electron chi connectivity index (χ4n) is 0.862. The molecule has 0 saturated carbocycles. The van der Waals surface area contributed by atoms with Gasteiger partial charge in [0.2, 0.25) is 5.88 Å². The molecular weight excluding hydrogens is 244 g/mol. The van der Waals surface area contributed by atoms with Crippen molar-refractivity contribution in [2.75, 3.05) is 5.73 Å². The van der Waals surface area contributed by atoms with Gasteiger partial charge in [-0.15, -0.1) is 0 Å². The van der Waals surface area contributed by atoms with Crippen molar-refractivity contribution in [3.63, 3.8) is 0 Å². The lowest BCUT2D eigenvalue weighted by Gasteiger charge is -2.24. The number of pyridine rings is 1. The van der Waals surface area contributed by atoms with E-state index in [1.165, 1.54) is 0 Å². The van der Waals surface area contributed by atoms with Gasteiger partial charge in [-0.05, 0) is 42.3 Å². The van der Waals surface area contributed by atoms with Crippen molar-refractivity contribution in [1.82, 2.24) is 4.98 Å². The highest BCUT2D eigenvalue weighted by atomic mass is 79.9. The molecule has 1 aromatic heterocycles. The van der Waals surface area contributed by atoms with Crippen molar-refractivity contribution in [1.29, 1.82) is 0 Å². The summed E-state index contributed by atoms with van der Waals surface area (Å²) in [6.07, 6.45) is 2.58. The third-order valence-corrected chi connectivity index (χ3v) is 2.50. The molecule has 2 N–H and O–H groups in total. The number of hydrogen-bond acceptors (Lipinski definition) is 3. The van der Waals surface area contributed by atoms with Crippen molar-refractivity contribution in [3.05, 3.63) is 16.7 Å². The largest absolute Gasteiger partial charge is 0.470 e. The number of hydrogen-bond donors (Lipinski definition) is 1. The molecule has 0 aromatic carbocycles. The van der Waals surface area contributed by atoms with Crippen LogP contribution in [0.5, 0.6) is 5.88 Å². The summed E-state index contributed by atoms with van der Waals surface area (Å²) in [4.78, 5) is 4.12. The zero-order valence-electron chi connectivity index (χ0n) is 8.67. The lowest BCUT2D eigenvalue weighted by Crippen LogP contribution is -2.27. The Morgan fingerprint density at radius 3 is 2.71 bits per heavy atom. The Balaban J connectivity index is 2.87. The Bertz CT molecular complexity index is 326. The van der Waals surface area contributed by atoms with Crippen molar-refractivity contribution >= 4 is 21.6 Å². The summed E-state index contributed by atoms with van der Waals surface area (Å²) in [7, 11) is 0. The van der Waals surface area contributed by atoms with Gasteiger partial charge in [0.25, 0.3) is 0 Å². The minimum absolute atomic E-state index is 0.227. The highest BCUT2D eigenvalue weighted by Gasteiger charge is 2.18. The molecule has 0 bridgehead atoms. The Hall–Kier alpha value is -0.770. The minimum atomic E-state index is -0.227. The van der Waals surface area contributed by atoms with E-state index in [2.05, 4.69) is 27.8 Å². The van der Waals surface area contributed by atoms with Gasteiger partial charge in [0.1, 0.15) is 5.60 Å². The zero-order chi connectivity index (χ0) is 10.8. The molecule has 1 aromatic rings. The fraction of sp³-hybridized carbons (Fsp3) is 0.500. The van der Waals surface area contributed by atoms with E-state index in [0.717, 1.165) is 10.9 Å². The Morgan fingerprint density at radius 1 is 1.57 bits per heavy atom. The maximum absolute atomic E-state index is 5.77. The van der Waals surface area contributed by atoms with E-state index in [1.807, 2.05) is 13.8 Å². The molecule has 1 heterocycles. The first kappa shape index (κ1) is 11.3. The van der Waals surface area contributed by atoms with Crippen LogP contribution in [0.1, 0.15) is 27.2 Å². The summed E-state index contributed by atoms with van der Waals surface area (Å²) >= 11 is 3.29. The van der Waals surface area contributed by atoms with Gasteiger partial charge in [0, 0.05) is 10.7 Å². The normalized spacial score (nSPS) is 11.4. The average Bonchev–Trinajstić information content (AvgIpc) is 2.10. The van der Waals surface area contributed by atoms with Crippen LogP contribution >= 0.6 is 15.9 Å². The summed E-state index contributed by atoms with van der Waals surface area (Å²) in [5.41, 5.74) is 6.09. The average molecular weight is 259 g/mol. The van der Waals surface area contributed by atoms with Crippen LogP contribution < -0.4 is 10.5 Å². The van der Waals surface area contributed by atoms with Crippen LogP contribution in [0.15, 0.2) is 16.7 Å². The van der Waals surface area contributed by atoms with E-state index in [0.29, 0.717) is 11.6 Å². The maximum Gasteiger partial charge on any atom is 0.237 e. The van der Waals surface area contributed by atoms with Crippen molar-refractivity contribution < 1.29 is 4.74 Å². The molecule has 0 atom stereocenters. The van der Waals surface area contributed by atoms with Gasteiger partial charge >= 0.3 is 0 Å². The summed E-state index contributed by atoms with van der Waals surface area (Å²) in [6, 6.07) is 1.79. The van der Waals surface area contributed by atoms with E-state index >= 15 is 0 Å². The summed E-state index contributed by atoms with van der Waals surface area (Å²) in [5, 5.41) is 0. The van der Waals surface area contributed by atoms with Crippen LogP contribution in [0.3, 0.4) is 0 Å². The molecule has 1 rings (SSSR count). The highest BCUT2D eigenvalue weighted by Crippen LogP contribution is 2.26. The van der Waals surface area contributed by atoms with Crippen LogP contribution in [-0.2, 0) is 0 Å². The van der Waals surface area contributed by atoms with Crippen LogP contribution in [0.25, 0.3) is 0 Å². The van der Waals surface area contributed by atoms with E-state index in [-0.39, 0.29) is 5.60 Å². The van der Waals surface area contributed by atoms with Gasteiger partial charge < -0.3 is 10.5 Å². The molecule has 0 saturated heterocycles. The Morgan fingerprint density at radius 2 is 2.21 bits per heavy atom. The topological polar surface area (TPSA) is 48.1 Å². The first-order valence-electron chi connectivity index (χ1n) is 4.54. The number of nitrogens with two attached hydrogens (primary N) is 1. The zero-order valence-corrected chi connectivity index (χ0v) is 10.3. The molecule has 0 aliphatic rings. The number of ether oxygens (including phenoxy) is 1. The number of rotatable bonds is 3. The van der Waals surface area contributed by atoms with Gasteiger partial charge in [-0.3, -0.25) is 0 Å². The molecule has 3 nitrogen and oxygen atoms in total. The second-order valence-corrected chi connectivity index (χ2v) is 4.68. The minimum Gasteiger partial charge on any atom is -0.470 e. The van der Waals surface area contributed by atoms with Crippen LogP contribution in [0, 0.1) is 0 Å². The van der Waals surface area contributed by atoms with E-state index in [1.54, 1.807) is 12.3 Å². The Labute approximate surface area is 92.8 Å². The third kappa shape index (κ3) is 2.87. The molecule has 0 aliphatic heterocycles. The second-order valence-electron chi connectivity index (χ2n) is 3.76. The molecule has 0 unspecified atom stereocenters. The number of aromatic nitrogens is 1. The van der Waals surface area contributed by atoms with Crippen molar-refractivity contribution in [3.8, 4) is 5.88 Å². The SMILES string of the molecule is CCC(C)(C)Oc1ncc(Br)cc1N. The molecule has 0 aliphatic carbocycles. The first-order valence-corrected chi connectivity index (χ1v) is 5.34. The van der Waals surface area contributed by atoms with Gasteiger partial charge in [0.05, 0.1) is 5.69 Å². The summed E-state index contributed by atoms with van der Waals surface area (Å²) in [5.74, 6) is 0.500. The van der Waals surface area contributed by atoms with Gasteiger partial charge in [-0.1, -0.05) is 6.92 Å². The van der Waals surface area contributed by atoms with Gasteiger partial charge in [0.15, 0.2) is 0 Å². The molecule has 0 radical (unpaired) electrons. The number of nitrogen functional groups attached to an aromatic ring is 1. The fourth-order valence-corrected chi connectivity index (χ4v) is 1.21. The highest BCUT2D eigenvalue weighted by molar-refractivity contribution is 9.10. The Kier molecular flexibility index (Phi) is 3.37. The predicted octanol–water partition coefficient (Wildman–Crippen LogP) is 2.99. The quantitative estimate of drug-likeness (QED) is 0.907. The van der Waals surface area contributed by atoms with Crippen molar-refractivity contribution in [2.24, 2.45) is 0 Å². The molecular formula is C10H15BrN2O. The summed E-state index contributed by atoms with van der Waals surface area (Å²) in [6.45, 7) is 6.08.